The number of nitrogens with one attached hydrogen (secondary N) is 1. The Hall–Kier alpha value is -4.76. The molecule has 3 aromatic carbocycles. The molecule has 1 N–H and O–H groups in total. The first-order valence-electron chi connectivity index (χ1n) is 14.1. The first-order valence-corrected chi connectivity index (χ1v) is 14.1. The monoisotopic (exact) mass is 561 g/mol. The summed E-state index contributed by atoms with van der Waals surface area (Å²) >= 11 is 0. The van der Waals surface area contributed by atoms with Crippen LogP contribution in [0.25, 0.3) is 10.9 Å². The maximum absolute atomic E-state index is 14.3. The Morgan fingerprint density at radius 3 is 2.52 bits per heavy atom. The summed E-state index contributed by atoms with van der Waals surface area (Å²) in [6, 6.07) is 28.3. The van der Waals surface area contributed by atoms with Gasteiger partial charge in [0.2, 0.25) is 11.8 Å². The van der Waals surface area contributed by atoms with Gasteiger partial charge in [0, 0.05) is 38.1 Å². The number of hydrazine groups is 1. The highest BCUT2D eigenvalue weighted by Crippen LogP contribution is 2.33. The minimum absolute atomic E-state index is 0.0123. The standard InChI is InChI=1S/C33H33N6O3/c1-23-31-38(29(40)22-36(2)39(31)33(42)35-20-25-13-7-4-8-14-25)28(19-24-11-5-3-6-12-24)32(41)37(23)21-27-16-9-15-26-17-10-18-34-30(26)27/h4-18,23,28,31H,19-22H2,1-2H3,(H,35,42)/t23-,28-,31?/m0/s1. The number of benzene rings is 3. The summed E-state index contributed by atoms with van der Waals surface area (Å²) in [7, 11) is 1.74. The Kier molecular flexibility index (Phi) is 7.58. The first-order chi connectivity index (χ1) is 20.4. The van der Waals surface area contributed by atoms with Crippen LogP contribution in [0, 0.1) is 6.07 Å². The largest absolute Gasteiger partial charge is 0.334 e. The smallest absolute Gasteiger partial charge is 0.333 e. The number of hydrogen-bond acceptors (Lipinski definition) is 5. The van der Waals surface area contributed by atoms with Crippen molar-refractivity contribution in [3.63, 3.8) is 0 Å². The average Bonchev–Trinajstić information content (AvgIpc) is 3.01. The zero-order valence-corrected chi connectivity index (χ0v) is 23.7. The van der Waals surface area contributed by atoms with Crippen molar-refractivity contribution in [2.24, 2.45) is 0 Å². The van der Waals surface area contributed by atoms with Crippen molar-refractivity contribution in [1.29, 1.82) is 0 Å². The number of hydrogen-bond donors (Lipinski definition) is 1. The molecule has 0 spiro atoms. The Labute approximate surface area is 245 Å². The summed E-state index contributed by atoms with van der Waals surface area (Å²) in [6.45, 7) is 2.54. The average molecular weight is 562 g/mol. The van der Waals surface area contributed by atoms with E-state index in [-0.39, 0.29) is 24.4 Å². The Morgan fingerprint density at radius 1 is 0.976 bits per heavy atom. The quantitative estimate of drug-likeness (QED) is 0.389. The molecule has 0 aliphatic carbocycles. The summed E-state index contributed by atoms with van der Waals surface area (Å²) in [5, 5.41) is 7.26. The number of rotatable bonds is 6. The molecule has 3 heterocycles. The molecule has 1 radical (unpaired) electrons. The first kappa shape index (κ1) is 27.4. The van der Waals surface area contributed by atoms with Crippen LogP contribution < -0.4 is 5.32 Å². The van der Waals surface area contributed by atoms with Crippen LogP contribution in [0.3, 0.4) is 0 Å². The number of amides is 4. The van der Waals surface area contributed by atoms with Crippen molar-refractivity contribution in [2.45, 2.75) is 44.7 Å². The molecule has 2 saturated heterocycles. The van der Waals surface area contributed by atoms with Gasteiger partial charge in [-0.25, -0.2) is 14.8 Å². The van der Waals surface area contributed by atoms with Gasteiger partial charge in [0.05, 0.1) is 18.1 Å². The lowest BCUT2D eigenvalue weighted by molar-refractivity contribution is -0.196. The SMILES string of the molecule is C[C@H]1C2N(C(=O)CN(C)N2C(=O)NCc2ccccc2)[C@@H](Cc2cc[c]cc2)C(=O)N1Cc1cccc2cccnc12. The number of carbonyl (C=O) groups excluding carboxylic acids is 3. The number of likely N-dealkylation sites (N-methyl/N-ethyl adjacent to an activating group) is 1. The highest BCUT2D eigenvalue weighted by molar-refractivity contribution is 5.92. The molecule has 9 heteroatoms. The van der Waals surface area contributed by atoms with E-state index in [1.54, 1.807) is 45.2 Å². The Balaban J connectivity index is 1.37. The third-order valence-corrected chi connectivity index (χ3v) is 8.15. The lowest BCUT2D eigenvalue weighted by Crippen LogP contribution is -2.78. The number of nitrogens with zero attached hydrogens (tertiary/aromatic N) is 5. The number of pyridine rings is 1. The van der Waals surface area contributed by atoms with E-state index in [1.165, 1.54) is 0 Å². The van der Waals surface area contributed by atoms with Crippen molar-refractivity contribution in [3.8, 4) is 0 Å². The lowest BCUT2D eigenvalue weighted by Gasteiger charge is -2.57. The van der Waals surface area contributed by atoms with E-state index in [9.17, 15) is 14.4 Å². The molecule has 2 aliphatic rings. The van der Waals surface area contributed by atoms with Gasteiger partial charge in [0.15, 0.2) is 0 Å². The predicted molar refractivity (Wildman–Crippen MR) is 158 cm³/mol. The minimum Gasteiger partial charge on any atom is -0.333 e. The van der Waals surface area contributed by atoms with Gasteiger partial charge in [-0.05, 0) is 35.7 Å². The Bertz CT molecular complexity index is 1590. The van der Waals surface area contributed by atoms with E-state index in [1.807, 2.05) is 79.7 Å². The van der Waals surface area contributed by atoms with E-state index in [0.717, 1.165) is 27.6 Å². The van der Waals surface area contributed by atoms with Crippen LogP contribution in [-0.2, 0) is 29.1 Å². The van der Waals surface area contributed by atoms with Crippen molar-refractivity contribution >= 4 is 28.7 Å². The van der Waals surface area contributed by atoms with Gasteiger partial charge in [-0.1, -0.05) is 78.9 Å². The van der Waals surface area contributed by atoms with E-state index in [0.29, 0.717) is 19.5 Å². The van der Waals surface area contributed by atoms with E-state index >= 15 is 0 Å². The summed E-state index contributed by atoms with van der Waals surface area (Å²) < 4.78 is 0. The molecule has 2 fully saturated rings. The zero-order valence-electron chi connectivity index (χ0n) is 23.7. The highest BCUT2D eigenvalue weighted by atomic mass is 16.2. The molecule has 1 aromatic heterocycles. The minimum atomic E-state index is -0.776. The van der Waals surface area contributed by atoms with Gasteiger partial charge in [0.25, 0.3) is 0 Å². The molecule has 9 nitrogen and oxygen atoms in total. The number of fused-ring (bicyclic) bond motifs is 2. The van der Waals surface area contributed by atoms with Crippen LogP contribution in [0.4, 0.5) is 4.79 Å². The third-order valence-electron chi connectivity index (χ3n) is 8.15. The van der Waals surface area contributed by atoms with Gasteiger partial charge in [-0.3, -0.25) is 14.6 Å². The molecule has 3 atom stereocenters. The lowest BCUT2D eigenvalue weighted by atomic mass is 9.94. The van der Waals surface area contributed by atoms with Gasteiger partial charge < -0.3 is 15.1 Å². The fraction of sp³-hybridized carbons (Fsp3) is 0.273. The molecule has 0 saturated carbocycles. The van der Waals surface area contributed by atoms with Crippen molar-refractivity contribution in [2.75, 3.05) is 13.6 Å². The van der Waals surface area contributed by atoms with Gasteiger partial charge >= 0.3 is 6.03 Å². The molecule has 4 aromatic rings. The maximum atomic E-state index is 14.3. The second kappa shape index (κ2) is 11.6. The molecule has 6 rings (SSSR count). The second-order valence-electron chi connectivity index (χ2n) is 10.8. The van der Waals surface area contributed by atoms with Crippen LogP contribution in [0.2, 0.25) is 0 Å². The fourth-order valence-electron chi connectivity index (χ4n) is 6.08. The number of urea groups is 1. The third kappa shape index (κ3) is 5.19. The van der Waals surface area contributed by atoms with Crippen LogP contribution in [0.5, 0.6) is 0 Å². The van der Waals surface area contributed by atoms with Crippen molar-refractivity contribution in [3.05, 3.63) is 114 Å². The summed E-state index contributed by atoms with van der Waals surface area (Å²) in [5.41, 5.74) is 3.62. The molecule has 213 valence electrons. The molecule has 0 bridgehead atoms. The van der Waals surface area contributed by atoms with Crippen LogP contribution >= 0.6 is 0 Å². The number of para-hydroxylation sites is 1. The Morgan fingerprint density at radius 2 is 1.74 bits per heavy atom. The van der Waals surface area contributed by atoms with E-state index < -0.39 is 18.2 Å². The van der Waals surface area contributed by atoms with Crippen molar-refractivity contribution < 1.29 is 14.4 Å². The van der Waals surface area contributed by atoms with Gasteiger partial charge in [-0.2, -0.15) is 0 Å². The summed E-state index contributed by atoms with van der Waals surface area (Å²) in [5.74, 6) is -0.337. The molecule has 42 heavy (non-hydrogen) atoms. The molecule has 1 unspecified atom stereocenters. The topological polar surface area (TPSA) is 89.1 Å². The molecular weight excluding hydrogens is 528 g/mol. The second-order valence-corrected chi connectivity index (χ2v) is 10.8. The number of carbonyl (C=O) groups is 3. The normalized spacial score (nSPS) is 21.0. The fourth-order valence-corrected chi connectivity index (χ4v) is 6.08. The van der Waals surface area contributed by atoms with Crippen LogP contribution in [0.1, 0.15) is 23.6 Å². The number of piperazine rings is 1. The summed E-state index contributed by atoms with van der Waals surface area (Å²) in [4.78, 5) is 49.8. The highest BCUT2D eigenvalue weighted by Gasteiger charge is 2.54. The predicted octanol–water partition coefficient (Wildman–Crippen LogP) is 3.60. The van der Waals surface area contributed by atoms with Crippen molar-refractivity contribution in [1.82, 2.24) is 30.1 Å². The van der Waals surface area contributed by atoms with Crippen LogP contribution in [-0.4, -0.2) is 74.5 Å². The van der Waals surface area contributed by atoms with Gasteiger partial charge in [0.1, 0.15) is 12.2 Å². The van der Waals surface area contributed by atoms with E-state index in [2.05, 4.69) is 16.4 Å². The van der Waals surface area contributed by atoms with Gasteiger partial charge in [-0.15, -0.1) is 0 Å². The zero-order chi connectivity index (χ0) is 29.2. The number of aromatic nitrogens is 1. The molecule has 2 aliphatic heterocycles. The molecular formula is C33H33N6O3. The molecule has 4 amide bonds. The van der Waals surface area contributed by atoms with Crippen LogP contribution in [0.15, 0.2) is 91.1 Å². The summed E-state index contributed by atoms with van der Waals surface area (Å²) in [6.07, 6.45) is 1.38. The van der Waals surface area contributed by atoms with E-state index in [4.69, 9.17) is 0 Å². The maximum Gasteiger partial charge on any atom is 0.334 e.